The minimum absolute atomic E-state index is 0.132. The van der Waals surface area contributed by atoms with E-state index in [2.05, 4.69) is 5.32 Å². The van der Waals surface area contributed by atoms with Crippen molar-refractivity contribution in [2.75, 3.05) is 26.2 Å². The maximum atomic E-state index is 11.8. The summed E-state index contributed by atoms with van der Waals surface area (Å²) in [7, 11) is 0. The summed E-state index contributed by atoms with van der Waals surface area (Å²) in [6.45, 7) is 7.41. The highest BCUT2D eigenvalue weighted by Gasteiger charge is 2.25. The Labute approximate surface area is 128 Å². The number of nitrogens with zero attached hydrogens (tertiary/aromatic N) is 1. The molecule has 0 aromatic carbocycles. The monoisotopic (exact) mass is 298 g/mol. The van der Waals surface area contributed by atoms with E-state index in [1.54, 1.807) is 0 Å². The number of carbonyl (C=O) groups is 2. The molecule has 1 fully saturated rings. The van der Waals surface area contributed by atoms with Gasteiger partial charge in [-0.2, -0.15) is 0 Å². The van der Waals surface area contributed by atoms with Gasteiger partial charge in [0.2, 0.25) is 5.91 Å². The molecule has 1 aliphatic rings. The van der Waals surface area contributed by atoms with Crippen molar-refractivity contribution in [2.24, 2.45) is 11.8 Å². The second kappa shape index (κ2) is 9.77. The van der Waals surface area contributed by atoms with Crippen LogP contribution < -0.4 is 5.32 Å². The molecule has 0 bridgehead atoms. The zero-order chi connectivity index (χ0) is 15.7. The normalized spacial score (nSPS) is 22.0. The van der Waals surface area contributed by atoms with Crippen LogP contribution in [0.3, 0.4) is 0 Å². The Morgan fingerprint density at radius 2 is 1.76 bits per heavy atom. The Balaban J connectivity index is 2.05. The molecule has 0 aromatic rings. The van der Waals surface area contributed by atoms with Crippen molar-refractivity contribution in [3.05, 3.63) is 0 Å². The van der Waals surface area contributed by atoms with Crippen molar-refractivity contribution in [1.29, 1.82) is 0 Å². The first-order valence-electron chi connectivity index (χ1n) is 8.29. The van der Waals surface area contributed by atoms with Gasteiger partial charge in [-0.1, -0.05) is 0 Å². The number of carboxylic acids is 1. The van der Waals surface area contributed by atoms with Crippen LogP contribution in [0, 0.1) is 11.8 Å². The summed E-state index contributed by atoms with van der Waals surface area (Å²) in [4.78, 5) is 24.6. The molecule has 0 spiro atoms. The lowest BCUT2D eigenvalue weighted by Crippen LogP contribution is -2.32. The van der Waals surface area contributed by atoms with Gasteiger partial charge in [0.25, 0.3) is 0 Å². The van der Waals surface area contributed by atoms with E-state index in [-0.39, 0.29) is 11.8 Å². The predicted octanol–water partition coefficient (Wildman–Crippen LogP) is 2.12. The average Bonchev–Trinajstić information content (AvgIpc) is 2.48. The van der Waals surface area contributed by atoms with E-state index < -0.39 is 5.97 Å². The molecular weight excluding hydrogens is 268 g/mol. The minimum Gasteiger partial charge on any atom is -0.481 e. The first-order valence-corrected chi connectivity index (χ1v) is 8.29. The molecule has 0 aliphatic heterocycles. The third kappa shape index (κ3) is 6.46. The summed E-state index contributed by atoms with van der Waals surface area (Å²) in [5, 5.41) is 12.4. The van der Waals surface area contributed by atoms with Crippen LogP contribution in [0.25, 0.3) is 0 Å². The smallest absolute Gasteiger partial charge is 0.306 e. The molecule has 0 aromatic heterocycles. The molecule has 0 heterocycles. The highest BCUT2D eigenvalue weighted by atomic mass is 16.4. The van der Waals surface area contributed by atoms with Crippen LogP contribution in [-0.2, 0) is 9.59 Å². The molecule has 1 aliphatic carbocycles. The van der Waals surface area contributed by atoms with E-state index in [4.69, 9.17) is 5.11 Å². The fraction of sp³-hybridized carbons (Fsp3) is 0.875. The fourth-order valence-electron chi connectivity index (χ4n) is 3.02. The van der Waals surface area contributed by atoms with Crippen molar-refractivity contribution in [2.45, 2.75) is 52.4 Å². The van der Waals surface area contributed by atoms with Gasteiger partial charge in [0.05, 0.1) is 5.92 Å². The van der Waals surface area contributed by atoms with Crippen LogP contribution >= 0.6 is 0 Å². The second-order valence-corrected chi connectivity index (χ2v) is 5.93. The quantitative estimate of drug-likeness (QED) is 0.640. The Kier molecular flexibility index (Phi) is 8.35. The first kappa shape index (κ1) is 18.0. The topological polar surface area (TPSA) is 69.6 Å². The molecule has 1 rings (SSSR count). The van der Waals surface area contributed by atoms with Gasteiger partial charge in [-0.05, 0) is 65.0 Å². The molecule has 5 nitrogen and oxygen atoms in total. The SMILES string of the molecule is CCN(CC)C(=O)CCCNCC1CCC(C(=O)O)CC1. The molecule has 122 valence electrons. The number of aliphatic carboxylic acids is 1. The second-order valence-electron chi connectivity index (χ2n) is 5.93. The van der Waals surface area contributed by atoms with Crippen molar-refractivity contribution in [1.82, 2.24) is 10.2 Å². The third-order valence-electron chi connectivity index (χ3n) is 4.49. The summed E-state index contributed by atoms with van der Waals surface area (Å²) in [6, 6.07) is 0. The van der Waals surface area contributed by atoms with Crippen LogP contribution in [0.5, 0.6) is 0 Å². The number of nitrogens with one attached hydrogen (secondary N) is 1. The third-order valence-corrected chi connectivity index (χ3v) is 4.49. The lowest BCUT2D eigenvalue weighted by atomic mass is 9.82. The zero-order valence-corrected chi connectivity index (χ0v) is 13.4. The molecule has 1 saturated carbocycles. The summed E-state index contributed by atoms with van der Waals surface area (Å²) in [5.74, 6) is 0.0621. The van der Waals surface area contributed by atoms with Crippen LogP contribution in [0.4, 0.5) is 0 Å². The molecule has 1 amide bonds. The Hall–Kier alpha value is -1.10. The molecular formula is C16H30N2O3. The number of hydrogen-bond donors (Lipinski definition) is 2. The van der Waals surface area contributed by atoms with Gasteiger partial charge in [0.15, 0.2) is 0 Å². The van der Waals surface area contributed by atoms with Crippen molar-refractivity contribution >= 4 is 11.9 Å². The highest BCUT2D eigenvalue weighted by Crippen LogP contribution is 2.28. The van der Waals surface area contributed by atoms with Crippen LogP contribution in [-0.4, -0.2) is 48.1 Å². The minimum atomic E-state index is -0.642. The highest BCUT2D eigenvalue weighted by molar-refractivity contribution is 5.76. The number of amides is 1. The van der Waals surface area contributed by atoms with Gasteiger partial charge < -0.3 is 15.3 Å². The van der Waals surface area contributed by atoms with E-state index in [9.17, 15) is 9.59 Å². The van der Waals surface area contributed by atoms with E-state index in [1.807, 2.05) is 18.7 Å². The van der Waals surface area contributed by atoms with E-state index in [0.29, 0.717) is 12.3 Å². The van der Waals surface area contributed by atoms with Crippen molar-refractivity contribution < 1.29 is 14.7 Å². The summed E-state index contributed by atoms with van der Waals surface area (Å²) in [5.41, 5.74) is 0. The number of carbonyl (C=O) groups excluding carboxylic acids is 1. The van der Waals surface area contributed by atoms with Gasteiger partial charge in [-0.15, -0.1) is 0 Å². The number of rotatable bonds is 9. The van der Waals surface area contributed by atoms with E-state index in [0.717, 1.165) is 58.3 Å². The Bertz CT molecular complexity index is 321. The van der Waals surface area contributed by atoms with Crippen molar-refractivity contribution in [3.8, 4) is 0 Å². The van der Waals surface area contributed by atoms with Gasteiger partial charge in [-0.25, -0.2) is 0 Å². The average molecular weight is 298 g/mol. The summed E-state index contributed by atoms with van der Waals surface area (Å²) in [6.07, 6.45) is 5.11. The summed E-state index contributed by atoms with van der Waals surface area (Å²) >= 11 is 0. The molecule has 0 atom stereocenters. The molecule has 0 saturated heterocycles. The Morgan fingerprint density at radius 1 is 1.14 bits per heavy atom. The van der Waals surface area contributed by atoms with Gasteiger partial charge in [0.1, 0.15) is 0 Å². The van der Waals surface area contributed by atoms with Crippen molar-refractivity contribution in [3.63, 3.8) is 0 Å². The lowest BCUT2D eigenvalue weighted by Gasteiger charge is -2.26. The van der Waals surface area contributed by atoms with Crippen LogP contribution in [0.1, 0.15) is 52.4 Å². The molecule has 2 N–H and O–H groups in total. The Morgan fingerprint density at radius 3 is 2.29 bits per heavy atom. The number of hydrogen-bond acceptors (Lipinski definition) is 3. The lowest BCUT2D eigenvalue weighted by molar-refractivity contribution is -0.143. The van der Waals surface area contributed by atoms with Gasteiger partial charge in [-0.3, -0.25) is 9.59 Å². The molecule has 5 heteroatoms. The largest absolute Gasteiger partial charge is 0.481 e. The number of carboxylic acid groups (broad SMARTS) is 1. The zero-order valence-electron chi connectivity index (χ0n) is 13.4. The van der Waals surface area contributed by atoms with Gasteiger partial charge >= 0.3 is 5.97 Å². The van der Waals surface area contributed by atoms with E-state index in [1.165, 1.54) is 0 Å². The van der Waals surface area contributed by atoms with Gasteiger partial charge in [0, 0.05) is 19.5 Å². The fourth-order valence-corrected chi connectivity index (χ4v) is 3.02. The maximum absolute atomic E-state index is 11.8. The predicted molar refractivity (Wildman–Crippen MR) is 83.1 cm³/mol. The first-order chi connectivity index (χ1) is 10.1. The van der Waals surface area contributed by atoms with Crippen LogP contribution in [0.15, 0.2) is 0 Å². The molecule has 21 heavy (non-hydrogen) atoms. The van der Waals surface area contributed by atoms with E-state index >= 15 is 0 Å². The molecule has 0 radical (unpaired) electrons. The standard InChI is InChI=1S/C16H30N2O3/c1-3-18(4-2)15(19)6-5-11-17-12-13-7-9-14(10-8-13)16(20)21/h13-14,17H,3-12H2,1-2H3,(H,20,21). The summed E-state index contributed by atoms with van der Waals surface area (Å²) < 4.78 is 0. The molecule has 0 unspecified atom stereocenters. The maximum Gasteiger partial charge on any atom is 0.306 e. The van der Waals surface area contributed by atoms with Crippen LogP contribution in [0.2, 0.25) is 0 Å².